The predicted molar refractivity (Wildman–Crippen MR) is 35.7 cm³/mol. The molecule has 0 bridgehead atoms. The second kappa shape index (κ2) is 3.24. The zero-order valence-corrected chi connectivity index (χ0v) is 5.69. The molecule has 0 saturated carbocycles. The van der Waals surface area contributed by atoms with E-state index in [1.54, 1.807) is 12.4 Å². The summed E-state index contributed by atoms with van der Waals surface area (Å²) < 4.78 is 0. The maximum atomic E-state index is 4.95. The molecule has 0 amide bonds. The first kappa shape index (κ1) is 7.11. The maximum absolute atomic E-state index is 4.95. The summed E-state index contributed by atoms with van der Waals surface area (Å²) in [5.74, 6) is 4.95. The molecule has 1 heterocycles. The third-order valence-corrected chi connectivity index (χ3v) is 1.25. The fourth-order valence-corrected chi connectivity index (χ4v) is 0.599. The van der Waals surface area contributed by atoms with Gasteiger partial charge in [-0.25, -0.2) is 15.9 Å². The topological polar surface area (TPSA) is 61.0 Å². The molecule has 4 heteroatoms. The van der Waals surface area contributed by atoms with Crippen LogP contribution in [-0.4, -0.2) is 9.97 Å². The van der Waals surface area contributed by atoms with E-state index >= 15 is 0 Å². The number of aromatic nitrogens is 2. The molecule has 4 nitrogen and oxygen atoms in total. The van der Waals surface area contributed by atoms with Crippen LogP contribution in [0.1, 0.15) is 18.6 Å². The van der Waals surface area contributed by atoms with E-state index in [1.807, 2.05) is 6.92 Å². The summed E-state index contributed by atoms with van der Waals surface area (Å²) >= 11 is 0. The summed E-state index contributed by atoms with van der Waals surface area (Å²) in [4.78, 5) is 12.2. The lowest BCUT2D eigenvalue weighted by atomic mass is 10.2. The van der Waals surface area contributed by atoms with Crippen molar-refractivity contribution in [3.63, 3.8) is 0 Å². The molecule has 1 aromatic rings. The highest BCUT2D eigenvalue weighted by Crippen LogP contribution is 2.10. The minimum atomic E-state index is -0.138. The molecule has 10 heavy (non-hydrogen) atoms. The molecule has 1 rings (SSSR count). The standard InChI is InChI=1S/C6H9N3O/c1-5(10-7)6-2-8-4-9-3-6/h2-5H,7H2,1H3. The highest BCUT2D eigenvalue weighted by atomic mass is 16.6. The Hall–Kier alpha value is -1.00. The first-order valence-electron chi connectivity index (χ1n) is 2.95. The van der Waals surface area contributed by atoms with Crippen LogP contribution in [0.3, 0.4) is 0 Å². The van der Waals surface area contributed by atoms with Crippen LogP contribution < -0.4 is 5.90 Å². The van der Waals surface area contributed by atoms with Crippen molar-refractivity contribution in [2.24, 2.45) is 5.90 Å². The third-order valence-electron chi connectivity index (χ3n) is 1.25. The van der Waals surface area contributed by atoms with Gasteiger partial charge in [-0.1, -0.05) is 0 Å². The average Bonchev–Trinajstić information content (AvgIpc) is 2.05. The van der Waals surface area contributed by atoms with E-state index in [2.05, 4.69) is 14.8 Å². The van der Waals surface area contributed by atoms with Gasteiger partial charge in [0.2, 0.25) is 0 Å². The third kappa shape index (κ3) is 1.49. The van der Waals surface area contributed by atoms with Crippen molar-refractivity contribution in [1.29, 1.82) is 0 Å². The van der Waals surface area contributed by atoms with Gasteiger partial charge in [0.05, 0.1) is 0 Å². The molecule has 0 aliphatic heterocycles. The lowest BCUT2D eigenvalue weighted by Crippen LogP contribution is -2.05. The zero-order chi connectivity index (χ0) is 7.40. The number of rotatable bonds is 2. The molecule has 0 aromatic carbocycles. The van der Waals surface area contributed by atoms with Crippen LogP contribution in [-0.2, 0) is 4.84 Å². The van der Waals surface area contributed by atoms with E-state index in [4.69, 9.17) is 5.90 Å². The Kier molecular flexibility index (Phi) is 2.30. The SMILES string of the molecule is CC(ON)c1cncnc1. The molecule has 0 fully saturated rings. The fourth-order valence-electron chi connectivity index (χ4n) is 0.599. The van der Waals surface area contributed by atoms with Crippen molar-refractivity contribution in [3.8, 4) is 0 Å². The summed E-state index contributed by atoms with van der Waals surface area (Å²) in [6.07, 6.45) is 4.67. The van der Waals surface area contributed by atoms with Crippen LogP contribution in [0.15, 0.2) is 18.7 Å². The summed E-state index contributed by atoms with van der Waals surface area (Å²) in [6, 6.07) is 0. The van der Waals surface area contributed by atoms with Gasteiger partial charge in [-0.2, -0.15) is 0 Å². The van der Waals surface area contributed by atoms with Crippen LogP contribution in [0.2, 0.25) is 0 Å². The smallest absolute Gasteiger partial charge is 0.115 e. The Morgan fingerprint density at radius 1 is 1.50 bits per heavy atom. The van der Waals surface area contributed by atoms with Crippen molar-refractivity contribution in [2.75, 3.05) is 0 Å². The molecule has 2 N–H and O–H groups in total. The summed E-state index contributed by atoms with van der Waals surface area (Å²) in [6.45, 7) is 1.83. The molecule has 1 aromatic heterocycles. The molecular weight excluding hydrogens is 130 g/mol. The second-order valence-corrected chi connectivity index (χ2v) is 1.95. The molecular formula is C6H9N3O. The molecule has 0 spiro atoms. The van der Waals surface area contributed by atoms with Crippen molar-refractivity contribution in [1.82, 2.24) is 9.97 Å². The summed E-state index contributed by atoms with van der Waals surface area (Å²) in [5.41, 5.74) is 0.880. The molecule has 0 aliphatic carbocycles. The van der Waals surface area contributed by atoms with Crippen LogP contribution in [0.4, 0.5) is 0 Å². The largest absolute Gasteiger partial charge is 0.297 e. The highest BCUT2D eigenvalue weighted by molar-refractivity contribution is 5.05. The van der Waals surface area contributed by atoms with E-state index < -0.39 is 0 Å². The van der Waals surface area contributed by atoms with Crippen LogP contribution in [0, 0.1) is 0 Å². The van der Waals surface area contributed by atoms with Gasteiger partial charge in [-0.3, -0.25) is 4.84 Å². The Morgan fingerprint density at radius 2 is 2.10 bits per heavy atom. The summed E-state index contributed by atoms with van der Waals surface area (Å²) in [7, 11) is 0. The van der Waals surface area contributed by atoms with E-state index in [1.165, 1.54) is 6.33 Å². The van der Waals surface area contributed by atoms with E-state index in [0.717, 1.165) is 5.56 Å². The normalized spacial score (nSPS) is 13.0. The van der Waals surface area contributed by atoms with E-state index in [9.17, 15) is 0 Å². The van der Waals surface area contributed by atoms with Gasteiger partial charge < -0.3 is 0 Å². The molecule has 0 saturated heterocycles. The minimum Gasteiger partial charge on any atom is -0.297 e. The number of nitrogens with two attached hydrogens (primary N) is 1. The molecule has 0 radical (unpaired) electrons. The van der Waals surface area contributed by atoms with E-state index in [0.29, 0.717) is 0 Å². The van der Waals surface area contributed by atoms with Crippen molar-refractivity contribution < 1.29 is 4.84 Å². The van der Waals surface area contributed by atoms with Crippen LogP contribution in [0.5, 0.6) is 0 Å². The van der Waals surface area contributed by atoms with Gasteiger partial charge >= 0.3 is 0 Å². The van der Waals surface area contributed by atoms with Gasteiger partial charge in [0.1, 0.15) is 12.4 Å². The van der Waals surface area contributed by atoms with Gasteiger partial charge in [0.25, 0.3) is 0 Å². The number of hydrogen-bond acceptors (Lipinski definition) is 4. The quantitative estimate of drug-likeness (QED) is 0.603. The fraction of sp³-hybridized carbons (Fsp3) is 0.333. The van der Waals surface area contributed by atoms with Crippen molar-refractivity contribution >= 4 is 0 Å². The first-order chi connectivity index (χ1) is 4.84. The van der Waals surface area contributed by atoms with Crippen molar-refractivity contribution in [2.45, 2.75) is 13.0 Å². The van der Waals surface area contributed by atoms with Gasteiger partial charge in [0.15, 0.2) is 0 Å². The predicted octanol–water partition coefficient (Wildman–Crippen LogP) is 0.428. The molecule has 1 unspecified atom stereocenters. The average molecular weight is 139 g/mol. The second-order valence-electron chi connectivity index (χ2n) is 1.95. The van der Waals surface area contributed by atoms with Crippen molar-refractivity contribution in [3.05, 3.63) is 24.3 Å². The van der Waals surface area contributed by atoms with Gasteiger partial charge in [-0.05, 0) is 6.92 Å². The summed E-state index contributed by atoms with van der Waals surface area (Å²) in [5, 5.41) is 0. The Morgan fingerprint density at radius 3 is 2.60 bits per heavy atom. The van der Waals surface area contributed by atoms with E-state index in [-0.39, 0.29) is 6.10 Å². The van der Waals surface area contributed by atoms with Gasteiger partial charge in [0, 0.05) is 18.0 Å². The van der Waals surface area contributed by atoms with Gasteiger partial charge in [-0.15, -0.1) is 0 Å². The van der Waals surface area contributed by atoms with Crippen LogP contribution in [0.25, 0.3) is 0 Å². The monoisotopic (exact) mass is 139 g/mol. The minimum absolute atomic E-state index is 0.138. The Balaban J connectivity index is 2.75. The number of hydrogen-bond donors (Lipinski definition) is 1. The number of nitrogens with zero attached hydrogens (tertiary/aromatic N) is 2. The maximum Gasteiger partial charge on any atom is 0.115 e. The molecule has 54 valence electrons. The van der Waals surface area contributed by atoms with Crippen LogP contribution >= 0.6 is 0 Å². The molecule has 0 aliphatic rings. The Labute approximate surface area is 59.0 Å². The lowest BCUT2D eigenvalue weighted by molar-refractivity contribution is 0.0659. The Bertz CT molecular complexity index is 189. The highest BCUT2D eigenvalue weighted by Gasteiger charge is 2.02. The lowest BCUT2D eigenvalue weighted by Gasteiger charge is -2.05. The molecule has 1 atom stereocenters. The first-order valence-corrected chi connectivity index (χ1v) is 2.95. The zero-order valence-electron chi connectivity index (χ0n) is 5.69.